The first-order valence-electron chi connectivity index (χ1n) is 9.24. The van der Waals surface area contributed by atoms with Crippen LogP contribution >= 0.6 is 0 Å². The maximum atomic E-state index is 14.9. The number of hydrogen-bond donors (Lipinski definition) is 3. The Labute approximate surface area is 167 Å². The highest BCUT2D eigenvalue weighted by Gasteiger charge is 2.19. The lowest BCUT2D eigenvalue weighted by molar-refractivity contribution is 0.411. The number of aromatic amines is 1. The van der Waals surface area contributed by atoms with Crippen LogP contribution in [0.2, 0.25) is 0 Å². The number of hydrogen-bond acceptors (Lipinski definition) is 6. The predicted octanol–water partition coefficient (Wildman–Crippen LogP) is 4.91. The van der Waals surface area contributed by atoms with Gasteiger partial charge in [-0.3, -0.25) is 5.10 Å². The van der Waals surface area contributed by atoms with Crippen molar-refractivity contribution in [3.8, 4) is 11.8 Å². The zero-order chi connectivity index (χ0) is 20.4. The van der Waals surface area contributed by atoms with Gasteiger partial charge in [-0.15, -0.1) is 0 Å². The number of benzene rings is 1. The number of anilines is 3. The summed E-state index contributed by atoms with van der Waals surface area (Å²) < 4.78 is 20.5. The monoisotopic (exact) mass is 392 g/mol. The van der Waals surface area contributed by atoms with E-state index in [-0.39, 0.29) is 11.8 Å². The van der Waals surface area contributed by atoms with Crippen molar-refractivity contribution in [1.29, 1.82) is 0 Å². The van der Waals surface area contributed by atoms with E-state index in [1.165, 1.54) is 0 Å². The molecule has 1 aromatic carbocycles. The van der Waals surface area contributed by atoms with Gasteiger partial charge in [-0.05, 0) is 38.0 Å². The van der Waals surface area contributed by atoms with Crippen LogP contribution in [0, 0.1) is 5.82 Å². The Balaban J connectivity index is 1.61. The van der Waals surface area contributed by atoms with Gasteiger partial charge in [0.2, 0.25) is 0 Å². The molecule has 0 spiro atoms. The number of ether oxygens (including phenoxy) is 1. The van der Waals surface area contributed by atoms with Gasteiger partial charge in [0, 0.05) is 24.7 Å². The normalized spacial score (nSPS) is 12.8. The van der Waals surface area contributed by atoms with Crippen LogP contribution in [0.15, 0.2) is 35.9 Å². The summed E-state index contributed by atoms with van der Waals surface area (Å²) in [6.45, 7) is 3.91. The second-order valence-corrected chi connectivity index (χ2v) is 6.72. The van der Waals surface area contributed by atoms with E-state index in [0.717, 1.165) is 23.3 Å². The van der Waals surface area contributed by atoms with Crippen molar-refractivity contribution >= 4 is 29.6 Å². The van der Waals surface area contributed by atoms with E-state index in [1.54, 1.807) is 19.2 Å². The van der Waals surface area contributed by atoms with E-state index in [2.05, 4.69) is 30.8 Å². The molecule has 0 fully saturated rings. The summed E-state index contributed by atoms with van der Waals surface area (Å²) >= 11 is 0. The van der Waals surface area contributed by atoms with Crippen molar-refractivity contribution in [1.82, 2.24) is 20.2 Å². The molecule has 4 rings (SSSR count). The Hall–Kier alpha value is -3.68. The lowest BCUT2D eigenvalue weighted by Crippen LogP contribution is -2.03. The molecular weight excluding hydrogens is 371 g/mol. The zero-order valence-corrected chi connectivity index (χ0v) is 16.4. The molecule has 2 aromatic heterocycles. The van der Waals surface area contributed by atoms with Gasteiger partial charge in [0.05, 0.1) is 5.69 Å². The van der Waals surface area contributed by atoms with E-state index in [9.17, 15) is 4.39 Å². The molecule has 0 aliphatic heterocycles. The predicted molar refractivity (Wildman–Crippen MR) is 112 cm³/mol. The van der Waals surface area contributed by atoms with E-state index in [4.69, 9.17) is 4.74 Å². The zero-order valence-electron chi connectivity index (χ0n) is 16.4. The molecule has 8 heteroatoms. The molecule has 0 radical (unpaired) electrons. The molecule has 7 nitrogen and oxygen atoms in total. The van der Waals surface area contributed by atoms with E-state index < -0.39 is 5.82 Å². The number of allylic oxidation sites excluding steroid dienone is 2. The molecule has 3 aromatic rings. The van der Waals surface area contributed by atoms with Crippen LogP contribution in [0.25, 0.3) is 12.2 Å². The van der Waals surface area contributed by atoms with Crippen LogP contribution < -0.4 is 15.4 Å². The molecule has 2 heterocycles. The summed E-state index contributed by atoms with van der Waals surface area (Å²) in [5.41, 5.74) is 3.50. The fourth-order valence-electron chi connectivity index (χ4n) is 3.16. The second-order valence-electron chi connectivity index (χ2n) is 6.72. The molecule has 0 unspecified atom stereocenters. The van der Waals surface area contributed by atoms with E-state index in [1.807, 2.05) is 44.2 Å². The topological polar surface area (TPSA) is 87.8 Å². The number of fused-ring (bicyclic) bond motifs is 1. The van der Waals surface area contributed by atoms with Crippen LogP contribution in [0.1, 0.15) is 30.7 Å². The first-order valence-corrected chi connectivity index (χ1v) is 9.24. The third kappa shape index (κ3) is 3.96. The van der Waals surface area contributed by atoms with Crippen molar-refractivity contribution in [2.45, 2.75) is 20.3 Å². The van der Waals surface area contributed by atoms with Crippen molar-refractivity contribution in [2.24, 2.45) is 0 Å². The van der Waals surface area contributed by atoms with Crippen molar-refractivity contribution in [2.75, 3.05) is 17.7 Å². The number of nitrogens with one attached hydrogen (secondary N) is 3. The highest BCUT2D eigenvalue weighted by molar-refractivity contribution is 5.66. The Morgan fingerprint density at radius 1 is 1.17 bits per heavy atom. The molecule has 1 aliphatic rings. The Kier molecular flexibility index (Phi) is 4.99. The molecule has 0 saturated heterocycles. The lowest BCUT2D eigenvalue weighted by atomic mass is 10.1. The fourth-order valence-corrected chi connectivity index (χ4v) is 3.16. The Morgan fingerprint density at radius 3 is 2.79 bits per heavy atom. The van der Waals surface area contributed by atoms with E-state index >= 15 is 0 Å². The van der Waals surface area contributed by atoms with Crippen molar-refractivity contribution < 1.29 is 9.13 Å². The van der Waals surface area contributed by atoms with Gasteiger partial charge in [-0.25, -0.2) is 4.39 Å². The van der Waals surface area contributed by atoms with Crippen LogP contribution in [0.4, 0.5) is 21.8 Å². The number of aromatic nitrogens is 4. The molecule has 0 saturated carbocycles. The quantitative estimate of drug-likeness (QED) is 0.552. The first-order chi connectivity index (χ1) is 14.1. The highest BCUT2D eigenvalue weighted by Crippen LogP contribution is 2.34. The average molecular weight is 392 g/mol. The molecule has 29 heavy (non-hydrogen) atoms. The second kappa shape index (κ2) is 7.75. The van der Waals surface area contributed by atoms with Gasteiger partial charge in [0.25, 0.3) is 0 Å². The van der Waals surface area contributed by atoms with Gasteiger partial charge in [-0.2, -0.15) is 15.1 Å². The molecule has 148 valence electrons. The first kappa shape index (κ1) is 18.7. The van der Waals surface area contributed by atoms with Gasteiger partial charge in [-0.1, -0.05) is 23.8 Å². The summed E-state index contributed by atoms with van der Waals surface area (Å²) in [5.74, 6) is 1.27. The minimum Gasteiger partial charge on any atom is -0.421 e. The fraction of sp³-hybridized carbons (Fsp3) is 0.190. The SMILES string of the molecule is C/C=C/c1cc(Nc2cc(NC)nc(Oc3ccc4c(c3F)C=C(C)C4)n2)n[nH]1. The van der Waals surface area contributed by atoms with Gasteiger partial charge in [0.1, 0.15) is 11.6 Å². The molecular formula is C21H21FN6O. The maximum Gasteiger partial charge on any atom is 0.326 e. The molecule has 0 atom stereocenters. The number of halogens is 1. The van der Waals surface area contributed by atoms with Crippen molar-refractivity contribution in [3.63, 3.8) is 0 Å². The molecule has 1 aliphatic carbocycles. The van der Waals surface area contributed by atoms with Crippen LogP contribution in [0.5, 0.6) is 11.8 Å². The van der Waals surface area contributed by atoms with E-state index in [0.29, 0.717) is 23.0 Å². The standard InChI is InChI=1S/C21H21FN6O/c1-4-5-14-10-19(28-27-14)24-18-11-17(23-3)25-21(26-18)29-16-7-6-13-8-12(2)9-15(13)20(16)22/h4-7,9-11H,8H2,1-3H3,(H3,23,24,25,26,27,28)/b5-4+. The summed E-state index contributed by atoms with van der Waals surface area (Å²) in [6, 6.07) is 7.06. The number of nitrogens with zero attached hydrogens (tertiary/aromatic N) is 3. The molecule has 0 bridgehead atoms. The smallest absolute Gasteiger partial charge is 0.326 e. The Morgan fingerprint density at radius 2 is 2.00 bits per heavy atom. The third-order valence-electron chi connectivity index (χ3n) is 4.46. The Bertz CT molecular complexity index is 1120. The summed E-state index contributed by atoms with van der Waals surface area (Å²) in [7, 11) is 1.73. The summed E-state index contributed by atoms with van der Waals surface area (Å²) in [6.07, 6.45) is 6.41. The van der Waals surface area contributed by atoms with Crippen LogP contribution in [-0.4, -0.2) is 27.2 Å². The largest absolute Gasteiger partial charge is 0.421 e. The summed E-state index contributed by atoms with van der Waals surface area (Å²) in [4.78, 5) is 8.61. The highest BCUT2D eigenvalue weighted by atomic mass is 19.1. The van der Waals surface area contributed by atoms with Crippen LogP contribution in [0.3, 0.4) is 0 Å². The lowest BCUT2D eigenvalue weighted by Gasteiger charge is -2.11. The maximum absolute atomic E-state index is 14.9. The van der Waals surface area contributed by atoms with Gasteiger partial charge in [0.15, 0.2) is 17.4 Å². The average Bonchev–Trinajstić information content (AvgIpc) is 3.30. The molecule has 3 N–H and O–H groups in total. The molecule has 0 amide bonds. The summed E-state index contributed by atoms with van der Waals surface area (Å²) in [5, 5.41) is 13.1. The van der Waals surface area contributed by atoms with Gasteiger partial charge < -0.3 is 15.4 Å². The third-order valence-corrected chi connectivity index (χ3v) is 4.46. The number of H-pyrrole nitrogens is 1. The van der Waals surface area contributed by atoms with Gasteiger partial charge >= 0.3 is 6.01 Å². The minimum absolute atomic E-state index is 0.0288. The number of rotatable bonds is 6. The van der Waals surface area contributed by atoms with Crippen molar-refractivity contribution in [3.05, 3.63) is 58.6 Å². The minimum atomic E-state index is -0.407. The van der Waals surface area contributed by atoms with Crippen LogP contribution in [-0.2, 0) is 6.42 Å².